The highest BCUT2D eigenvalue weighted by atomic mass is 19.1. The van der Waals surface area contributed by atoms with Gasteiger partial charge in [0.15, 0.2) is 17.7 Å². The van der Waals surface area contributed by atoms with E-state index in [0.29, 0.717) is 11.1 Å². The summed E-state index contributed by atoms with van der Waals surface area (Å²) >= 11 is 0. The van der Waals surface area contributed by atoms with Crippen LogP contribution in [0.4, 0.5) is 14.5 Å². The first-order valence-corrected chi connectivity index (χ1v) is 8.09. The number of methoxy groups -OCH3 is 1. The molecule has 5 nitrogen and oxygen atoms in total. The molecule has 2 aromatic rings. The summed E-state index contributed by atoms with van der Waals surface area (Å²) in [5.74, 6) is -2.30. The predicted octanol–water partition coefficient (Wildman–Crippen LogP) is 3.87. The van der Waals surface area contributed by atoms with E-state index in [4.69, 9.17) is 9.47 Å². The van der Waals surface area contributed by atoms with Gasteiger partial charge in [0.1, 0.15) is 5.82 Å². The first-order chi connectivity index (χ1) is 12.8. The van der Waals surface area contributed by atoms with E-state index in [9.17, 15) is 18.4 Å². The second-order valence-electron chi connectivity index (χ2n) is 5.76. The molecule has 0 heterocycles. The van der Waals surface area contributed by atoms with E-state index in [2.05, 4.69) is 5.32 Å². The summed E-state index contributed by atoms with van der Waals surface area (Å²) < 4.78 is 36.9. The normalized spacial score (nSPS) is 11.9. The molecule has 7 heteroatoms. The van der Waals surface area contributed by atoms with Crippen LogP contribution >= 0.6 is 0 Å². The molecule has 0 aliphatic heterocycles. The molecular weight excluding hydrogens is 356 g/mol. The summed E-state index contributed by atoms with van der Waals surface area (Å²) in [7, 11) is 1.35. The standard InChI is InChI=1S/C20H19F2NO4/c1-12-4-7-15(11-16(12)21)23-20(25)13(2)27-19(24)9-6-14-5-8-18(26-3)17(22)10-14/h4-11,13H,1-3H3,(H,23,25)/b9-6+/t13-/m1/s1. The Balaban J connectivity index is 1.92. The van der Waals surface area contributed by atoms with Crippen molar-refractivity contribution in [2.45, 2.75) is 20.0 Å². The number of aryl methyl sites for hydroxylation is 1. The van der Waals surface area contributed by atoms with Crippen LogP contribution in [-0.4, -0.2) is 25.1 Å². The largest absolute Gasteiger partial charge is 0.494 e. The summed E-state index contributed by atoms with van der Waals surface area (Å²) in [4.78, 5) is 23.9. The molecule has 142 valence electrons. The minimum Gasteiger partial charge on any atom is -0.494 e. The second-order valence-corrected chi connectivity index (χ2v) is 5.76. The lowest BCUT2D eigenvalue weighted by atomic mass is 10.2. The van der Waals surface area contributed by atoms with Crippen molar-refractivity contribution in [3.63, 3.8) is 0 Å². The van der Waals surface area contributed by atoms with Crippen LogP contribution in [0.15, 0.2) is 42.5 Å². The number of anilines is 1. The highest BCUT2D eigenvalue weighted by Gasteiger charge is 2.17. The van der Waals surface area contributed by atoms with Crippen LogP contribution < -0.4 is 10.1 Å². The monoisotopic (exact) mass is 375 g/mol. The highest BCUT2D eigenvalue weighted by Crippen LogP contribution is 2.18. The maximum atomic E-state index is 13.6. The number of esters is 1. The van der Waals surface area contributed by atoms with Gasteiger partial charge in [0.05, 0.1) is 7.11 Å². The molecular formula is C20H19F2NO4. The molecule has 0 aliphatic carbocycles. The zero-order chi connectivity index (χ0) is 20.0. The van der Waals surface area contributed by atoms with Gasteiger partial charge >= 0.3 is 5.97 Å². The molecule has 2 aromatic carbocycles. The molecule has 1 atom stereocenters. The number of rotatable bonds is 6. The quantitative estimate of drug-likeness (QED) is 0.615. The van der Waals surface area contributed by atoms with Gasteiger partial charge in [0.25, 0.3) is 5.91 Å². The average Bonchev–Trinajstić information content (AvgIpc) is 2.63. The number of ether oxygens (including phenoxy) is 2. The molecule has 0 radical (unpaired) electrons. The van der Waals surface area contributed by atoms with E-state index in [0.717, 1.165) is 6.08 Å². The average molecular weight is 375 g/mol. The zero-order valence-electron chi connectivity index (χ0n) is 15.1. The molecule has 0 bridgehead atoms. The summed E-state index contributed by atoms with van der Waals surface area (Å²) in [6.07, 6.45) is 1.33. The second kappa shape index (κ2) is 8.93. The maximum absolute atomic E-state index is 13.6. The van der Waals surface area contributed by atoms with Gasteiger partial charge in [-0.05, 0) is 55.3 Å². The minimum atomic E-state index is -1.10. The van der Waals surface area contributed by atoms with Gasteiger partial charge in [-0.2, -0.15) is 0 Å². The Morgan fingerprint density at radius 2 is 1.85 bits per heavy atom. The first kappa shape index (κ1) is 20.1. The molecule has 2 rings (SSSR count). The van der Waals surface area contributed by atoms with Gasteiger partial charge < -0.3 is 14.8 Å². The molecule has 0 unspecified atom stereocenters. The van der Waals surface area contributed by atoms with Crippen molar-refractivity contribution >= 4 is 23.6 Å². The Hall–Kier alpha value is -3.22. The molecule has 27 heavy (non-hydrogen) atoms. The van der Waals surface area contributed by atoms with Gasteiger partial charge in [-0.25, -0.2) is 13.6 Å². The van der Waals surface area contributed by atoms with Gasteiger partial charge in [-0.3, -0.25) is 4.79 Å². The Bertz CT molecular complexity index is 880. The number of nitrogens with one attached hydrogen (secondary N) is 1. The van der Waals surface area contributed by atoms with Crippen LogP contribution in [0.1, 0.15) is 18.1 Å². The number of hydrogen-bond acceptors (Lipinski definition) is 4. The fourth-order valence-corrected chi connectivity index (χ4v) is 2.13. The molecule has 0 aromatic heterocycles. The molecule has 0 fully saturated rings. The van der Waals surface area contributed by atoms with Crippen molar-refractivity contribution in [1.29, 1.82) is 0 Å². The maximum Gasteiger partial charge on any atom is 0.331 e. The molecule has 0 aliphatic rings. The highest BCUT2D eigenvalue weighted by molar-refractivity contribution is 5.96. The van der Waals surface area contributed by atoms with Gasteiger partial charge in [-0.15, -0.1) is 0 Å². The van der Waals surface area contributed by atoms with Crippen molar-refractivity contribution < 1.29 is 27.8 Å². The fourth-order valence-electron chi connectivity index (χ4n) is 2.13. The topological polar surface area (TPSA) is 64.6 Å². The van der Waals surface area contributed by atoms with Gasteiger partial charge in [0.2, 0.25) is 0 Å². The Morgan fingerprint density at radius 1 is 1.11 bits per heavy atom. The smallest absolute Gasteiger partial charge is 0.331 e. The van der Waals surface area contributed by atoms with Crippen molar-refractivity contribution in [2.75, 3.05) is 12.4 Å². The molecule has 0 saturated heterocycles. The third-order valence-corrected chi connectivity index (χ3v) is 3.69. The Kier molecular flexibility index (Phi) is 6.65. The van der Waals surface area contributed by atoms with Crippen LogP contribution in [0.25, 0.3) is 6.08 Å². The third-order valence-electron chi connectivity index (χ3n) is 3.69. The van der Waals surface area contributed by atoms with Gasteiger partial charge in [0, 0.05) is 11.8 Å². The van der Waals surface area contributed by atoms with E-state index in [1.54, 1.807) is 19.1 Å². The Morgan fingerprint density at radius 3 is 2.48 bits per heavy atom. The molecule has 0 spiro atoms. The van der Waals surface area contributed by atoms with Crippen molar-refractivity contribution in [3.05, 3.63) is 65.2 Å². The van der Waals surface area contributed by atoms with Crippen molar-refractivity contribution in [2.24, 2.45) is 0 Å². The minimum absolute atomic E-state index is 0.0903. The van der Waals surface area contributed by atoms with Crippen molar-refractivity contribution in [3.8, 4) is 5.75 Å². The van der Waals surface area contributed by atoms with Crippen LogP contribution in [-0.2, 0) is 14.3 Å². The van der Waals surface area contributed by atoms with Crippen molar-refractivity contribution in [1.82, 2.24) is 0 Å². The SMILES string of the molecule is COc1ccc(/C=C/C(=O)O[C@H](C)C(=O)Nc2ccc(C)c(F)c2)cc1F. The summed E-state index contributed by atoms with van der Waals surface area (Å²) in [5.41, 5.74) is 1.14. The zero-order valence-corrected chi connectivity index (χ0v) is 15.1. The van der Waals surface area contributed by atoms with E-state index < -0.39 is 29.6 Å². The first-order valence-electron chi connectivity index (χ1n) is 8.09. The van der Waals surface area contributed by atoms with Crippen LogP contribution in [0.5, 0.6) is 5.75 Å². The van der Waals surface area contributed by atoms with Crippen LogP contribution in [0.2, 0.25) is 0 Å². The number of benzene rings is 2. The van der Waals surface area contributed by atoms with E-state index in [1.165, 1.54) is 44.4 Å². The molecule has 1 N–H and O–H groups in total. The summed E-state index contributed by atoms with van der Waals surface area (Å²) in [5, 5.41) is 2.47. The molecule has 1 amide bonds. The number of amides is 1. The number of carbonyl (C=O) groups excluding carboxylic acids is 2. The van der Waals surface area contributed by atoms with Crippen LogP contribution in [0.3, 0.4) is 0 Å². The predicted molar refractivity (Wildman–Crippen MR) is 97.3 cm³/mol. The lowest BCUT2D eigenvalue weighted by molar-refractivity contribution is -0.148. The van der Waals surface area contributed by atoms with Gasteiger partial charge in [-0.1, -0.05) is 12.1 Å². The Labute approximate surface area is 155 Å². The lowest BCUT2D eigenvalue weighted by Gasteiger charge is -2.12. The number of carbonyl (C=O) groups is 2. The van der Waals surface area contributed by atoms with E-state index >= 15 is 0 Å². The number of hydrogen-bond donors (Lipinski definition) is 1. The fraction of sp³-hybridized carbons (Fsp3) is 0.200. The van der Waals surface area contributed by atoms with Crippen LogP contribution in [0, 0.1) is 18.6 Å². The number of halogens is 2. The van der Waals surface area contributed by atoms with E-state index in [-0.39, 0.29) is 11.4 Å². The molecule has 0 saturated carbocycles. The summed E-state index contributed by atoms with van der Waals surface area (Å²) in [6.45, 7) is 2.99. The third kappa shape index (κ3) is 5.64. The summed E-state index contributed by atoms with van der Waals surface area (Å²) in [6, 6.07) is 8.44. The van der Waals surface area contributed by atoms with E-state index in [1.807, 2.05) is 0 Å². The lowest BCUT2D eigenvalue weighted by Crippen LogP contribution is -2.29.